The number of nitrogens with one attached hydrogen (secondary N) is 1. The Morgan fingerprint density at radius 3 is 2.54 bits per heavy atom. The molecule has 4 rings (SSSR count). The Labute approximate surface area is 203 Å². The highest BCUT2D eigenvalue weighted by atomic mass is 35.5. The summed E-state index contributed by atoms with van der Waals surface area (Å²) in [6.45, 7) is 2.81. The van der Waals surface area contributed by atoms with Gasteiger partial charge in [-0.3, -0.25) is 9.59 Å². The normalized spacial score (nSPS) is 14.6. The Morgan fingerprint density at radius 2 is 1.89 bits per heavy atom. The van der Waals surface area contributed by atoms with E-state index in [9.17, 15) is 22.8 Å². The number of benzene rings is 2. The fraction of sp³-hybridized carbons (Fsp3) is 0.292. The van der Waals surface area contributed by atoms with Crippen LogP contribution in [0.5, 0.6) is 5.75 Å². The number of carbonyl (C=O) groups excluding carboxylic acids is 2. The minimum Gasteiger partial charge on any atom is -0.490 e. The summed E-state index contributed by atoms with van der Waals surface area (Å²) in [6, 6.07) is 9.20. The van der Waals surface area contributed by atoms with E-state index < -0.39 is 17.6 Å². The topological polar surface area (TPSA) is 84.7 Å². The lowest BCUT2D eigenvalue weighted by molar-refractivity contribution is -0.137. The number of hydrogen-bond donors (Lipinski definition) is 1. The molecule has 0 spiro atoms. The summed E-state index contributed by atoms with van der Waals surface area (Å²) < 4.78 is 50.2. The third-order valence-corrected chi connectivity index (χ3v) is 5.82. The molecule has 0 radical (unpaired) electrons. The maximum atomic E-state index is 13.1. The van der Waals surface area contributed by atoms with Gasteiger partial charge in [-0.25, -0.2) is 0 Å². The van der Waals surface area contributed by atoms with Gasteiger partial charge in [-0.1, -0.05) is 22.8 Å². The van der Waals surface area contributed by atoms with Crippen LogP contribution >= 0.6 is 11.6 Å². The second kappa shape index (κ2) is 9.99. The molecule has 35 heavy (non-hydrogen) atoms. The number of likely N-dealkylation sites (tertiary alicyclic amines) is 1. The molecular weight excluding hydrogens is 487 g/mol. The van der Waals surface area contributed by atoms with Crippen LogP contribution in [-0.2, 0) is 6.18 Å². The van der Waals surface area contributed by atoms with Gasteiger partial charge < -0.3 is 19.5 Å². The molecule has 2 heterocycles. The number of rotatable bonds is 5. The highest BCUT2D eigenvalue weighted by molar-refractivity contribution is 6.31. The lowest BCUT2D eigenvalue weighted by atomic mass is 10.1. The van der Waals surface area contributed by atoms with Crippen molar-refractivity contribution in [1.29, 1.82) is 0 Å². The number of aryl methyl sites for hydroxylation is 1. The van der Waals surface area contributed by atoms with E-state index in [1.54, 1.807) is 23.1 Å². The highest BCUT2D eigenvalue weighted by Gasteiger charge is 2.32. The largest absolute Gasteiger partial charge is 0.490 e. The average Bonchev–Trinajstić information content (AvgIpc) is 3.35. The van der Waals surface area contributed by atoms with Crippen molar-refractivity contribution >= 4 is 29.1 Å². The standard InChI is InChI=1S/C24H21ClF3N3O4/c1-14-2-3-18(30-22(32)15-10-16(24(26,27)28)12-17(25)11-15)13-21(14)34-19-5-8-31(9-6-19)23(33)20-4-7-29-35-20/h2-4,7,10-13,19H,5-6,8-9H2,1H3,(H,30,32). The number of piperidine rings is 1. The van der Waals surface area contributed by atoms with Crippen molar-refractivity contribution < 1.29 is 32.0 Å². The van der Waals surface area contributed by atoms with Gasteiger partial charge in [-0.05, 0) is 36.8 Å². The zero-order valence-electron chi connectivity index (χ0n) is 18.6. The Hall–Kier alpha value is -3.53. The number of alkyl halides is 3. The molecule has 11 heteroatoms. The van der Waals surface area contributed by atoms with Gasteiger partial charge >= 0.3 is 6.18 Å². The molecule has 0 saturated carbocycles. The zero-order valence-corrected chi connectivity index (χ0v) is 19.3. The first-order valence-electron chi connectivity index (χ1n) is 10.8. The lowest BCUT2D eigenvalue weighted by Crippen LogP contribution is -2.41. The van der Waals surface area contributed by atoms with Crippen LogP contribution in [0, 0.1) is 6.92 Å². The summed E-state index contributed by atoms with van der Waals surface area (Å²) >= 11 is 5.78. The molecule has 0 atom stereocenters. The van der Waals surface area contributed by atoms with Crippen LogP contribution in [0.1, 0.15) is 44.9 Å². The number of anilines is 1. The van der Waals surface area contributed by atoms with Crippen molar-refractivity contribution in [3.05, 3.63) is 76.1 Å². The van der Waals surface area contributed by atoms with Crippen LogP contribution < -0.4 is 10.1 Å². The minimum absolute atomic E-state index is 0.152. The molecule has 1 aliphatic heterocycles. The van der Waals surface area contributed by atoms with Crippen molar-refractivity contribution in [2.75, 3.05) is 18.4 Å². The Morgan fingerprint density at radius 1 is 1.14 bits per heavy atom. The third-order valence-electron chi connectivity index (χ3n) is 5.60. The number of nitrogens with zero attached hydrogens (tertiary/aromatic N) is 2. The van der Waals surface area contributed by atoms with Gasteiger partial charge in [0.1, 0.15) is 11.9 Å². The van der Waals surface area contributed by atoms with Crippen LogP contribution in [0.15, 0.2) is 53.2 Å². The van der Waals surface area contributed by atoms with Gasteiger partial charge in [0.15, 0.2) is 0 Å². The Balaban J connectivity index is 1.40. The minimum atomic E-state index is -4.63. The van der Waals surface area contributed by atoms with Gasteiger partial charge in [-0.2, -0.15) is 13.2 Å². The zero-order chi connectivity index (χ0) is 25.2. The van der Waals surface area contributed by atoms with E-state index in [1.807, 2.05) is 6.92 Å². The van der Waals surface area contributed by atoms with E-state index in [2.05, 4.69) is 10.5 Å². The first-order valence-corrected chi connectivity index (χ1v) is 11.1. The molecule has 1 fully saturated rings. The van der Waals surface area contributed by atoms with Crippen LogP contribution in [0.3, 0.4) is 0 Å². The summed E-state index contributed by atoms with van der Waals surface area (Å²) in [4.78, 5) is 26.7. The van der Waals surface area contributed by atoms with E-state index >= 15 is 0 Å². The first kappa shape index (κ1) is 24.6. The second-order valence-corrected chi connectivity index (χ2v) is 8.58. The first-order chi connectivity index (χ1) is 16.6. The van der Waals surface area contributed by atoms with Gasteiger partial charge in [0.2, 0.25) is 5.76 Å². The Bertz CT molecular complexity index is 1220. The molecule has 1 N–H and O–H groups in total. The molecule has 1 aliphatic rings. The fourth-order valence-corrected chi connectivity index (χ4v) is 3.97. The number of aromatic nitrogens is 1. The summed E-state index contributed by atoms with van der Waals surface area (Å²) in [5.74, 6) is -0.237. The SMILES string of the molecule is Cc1ccc(NC(=O)c2cc(Cl)cc(C(F)(F)F)c2)cc1OC1CCN(C(=O)c2ccno2)CC1. The third kappa shape index (κ3) is 5.94. The molecule has 3 aromatic rings. The molecule has 0 bridgehead atoms. The van der Waals surface area contributed by atoms with Gasteiger partial charge in [0.05, 0.1) is 11.8 Å². The van der Waals surface area contributed by atoms with Crippen molar-refractivity contribution in [1.82, 2.24) is 10.1 Å². The van der Waals surface area contributed by atoms with Crippen molar-refractivity contribution in [3.8, 4) is 5.75 Å². The molecule has 0 unspecified atom stereocenters. The predicted molar refractivity (Wildman–Crippen MR) is 122 cm³/mol. The number of halogens is 4. The molecule has 1 aromatic heterocycles. The van der Waals surface area contributed by atoms with Gasteiger partial charge in [-0.15, -0.1) is 0 Å². The maximum Gasteiger partial charge on any atom is 0.416 e. The number of ether oxygens (including phenoxy) is 1. The van der Waals surface area contributed by atoms with Crippen LogP contribution in [-0.4, -0.2) is 41.1 Å². The molecular formula is C24H21ClF3N3O4. The smallest absolute Gasteiger partial charge is 0.416 e. The van der Waals surface area contributed by atoms with Crippen LogP contribution in [0.2, 0.25) is 5.02 Å². The van der Waals surface area contributed by atoms with Crippen LogP contribution in [0.4, 0.5) is 18.9 Å². The van der Waals surface area contributed by atoms with E-state index in [4.69, 9.17) is 20.9 Å². The highest BCUT2D eigenvalue weighted by Crippen LogP contribution is 2.32. The summed E-state index contributed by atoms with van der Waals surface area (Å²) in [6.07, 6.45) is -2.17. The number of amides is 2. The van der Waals surface area contributed by atoms with Crippen molar-refractivity contribution in [3.63, 3.8) is 0 Å². The Kier molecular flexibility index (Phi) is 7.02. The average molecular weight is 508 g/mol. The van der Waals surface area contributed by atoms with Crippen LogP contribution in [0.25, 0.3) is 0 Å². The number of hydrogen-bond acceptors (Lipinski definition) is 5. The lowest BCUT2D eigenvalue weighted by Gasteiger charge is -2.32. The maximum absolute atomic E-state index is 13.1. The molecule has 184 valence electrons. The second-order valence-electron chi connectivity index (χ2n) is 8.15. The fourth-order valence-electron chi connectivity index (χ4n) is 3.73. The summed E-state index contributed by atoms with van der Waals surface area (Å²) in [5.41, 5.74) is -0.0276. The molecule has 2 amide bonds. The molecule has 0 aliphatic carbocycles. The van der Waals surface area contributed by atoms with Gasteiger partial charge in [0.25, 0.3) is 11.8 Å². The summed E-state index contributed by atoms with van der Waals surface area (Å²) in [7, 11) is 0. The molecule has 2 aromatic carbocycles. The quantitative estimate of drug-likeness (QED) is 0.486. The van der Waals surface area contributed by atoms with E-state index in [-0.39, 0.29) is 28.4 Å². The van der Waals surface area contributed by atoms with E-state index in [0.29, 0.717) is 37.4 Å². The molecule has 7 nitrogen and oxygen atoms in total. The van der Waals surface area contributed by atoms with Crippen molar-refractivity contribution in [2.24, 2.45) is 0 Å². The number of carbonyl (C=O) groups is 2. The van der Waals surface area contributed by atoms with Crippen molar-refractivity contribution in [2.45, 2.75) is 32.0 Å². The molecule has 1 saturated heterocycles. The van der Waals surface area contributed by atoms with E-state index in [1.165, 1.54) is 18.3 Å². The monoisotopic (exact) mass is 507 g/mol. The predicted octanol–water partition coefficient (Wildman–Crippen LogP) is 5.59. The summed E-state index contributed by atoms with van der Waals surface area (Å²) in [5, 5.41) is 5.96. The van der Waals surface area contributed by atoms with Gasteiger partial charge in [0, 0.05) is 54.3 Å². The van der Waals surface area contributed by atoms with E-state index in [0.717, 1.165) is 17.7 Å².